The normalized spacial score (nSPS) is 20.8. The number of Topliss-reactive ketones (excluding diaryl/α,β-unsaturated/α-hetero) is 1. The van der Waals surface area contributed by atoms with E-state index in [9.17, 15) is 4.79 Å². The summed E-state index contributed by atoms with van der Waals surface area (Å²) in [6.07, 6.45) is 6.74. The summed E-state index contributed by atoms with van der Waals surface area (Å²) < 4.78 is 0. The van der Waals surface area contributed by atoms with Crippen LogP contribution in [0.4, 0.5) is 0 Å². The number of nitrogens with one attached hydrogen (secondary N) is 2. The van der Waals surface area contributed by atoms with Gasteiger partial charge in [0.2, 0.25) is 0 Å². The summed E-state index contributed by atoms with van der Waals surface area (Å²) in [5, 5.41) is 7.36. The predicted octanol–water partition coefficient (Wildman–Crippen LogP) is 2.99. The first-order chi connectivity index (χ1) is 9.22. The molecule has 0 saturated heterocycles. The Morgan fingerprint density at radius 3 is 2.79 bits per heavy atom. The Bertz CT molecular complexity index is 560. The monoisotopic (exact) mass is 274 g/mol. The summed E-state index contributed by atoms with van der Waals surface area (Å²) in [6.45, 7) is 0. The van der Waals surface area contributed by atoms with Crippen molar-refractivity contribution in [3.8, 4) is 0 Å². The molecule has 0 aromatic heterocycles. The molecule has 0 radical (unpaired) electrons. The van der Waals surface area contributed by atoms with E-state index in [2.05, 4.69) is 22.8 Å². The zero-order valence-corrected chi connectivity index (χ0v) is 11.2. The van der Waals surface area contributed by atoms with E-state index in [1.807, 2.05) is 0 Å². The minimum absolute atomic E-state index is 0.00377. The molecule has 3 nitrogen and oxygen atoms in total. The van der Waals surface area contributed by atoms with Crippen LogP contribution in [0.1, 0.15) is 29.6 Å². The quantitative estimate of drug-likeness (QED) is 0.833. The lowest BCUT2D eigenvalue weighted by Crippen LogP contribution is -2.35. The van der Waals surface area contributed by atoms with Crippen LogP contribution in [0.25, 0.3) is 0 Å². The maximum absolute atomic E-state index is 12.2. The Morgan fingerprint density at radius 1 is 1.26 bits per heavy atom. The molecule has 2 aliphatic rings. The number of benzene rings is 1. The van der Waals surface area contributed by atoms with Crippen molar-refractivity contribution in [3.63, 3.8) is 0 Å². The molecule has 0 saturated carbocycles. The van der Waals surface area contributed by atoms with E-state index in [1.54, 1.807) is 24.3 Å². The molecule has 0 spiro atoms. The van der Waals surface area contributed by atoms with Crippen molar-refractivity contribution in [3.05, 3.63) is 58.4 Å². The third kappa shape index (κ3) is 2.66. The van der Waals surface area contributed by atoms with Crippen molar-refractivity contribution in [2.45, 2.75) is 25.4 Å². The molecular formula is C15H15ClN2O. The van der Waals surface area contributed by atoms with E-state index in [0.717, 1.165) is 18.5 Å². The number of hydrogen-bond acceptors (Lipinski definition) is 3. The second kappa shape index (κ2) is 5.10. The molecule has 1 aromatic carbocycles. The van der Waals surface area contributed by atoms with Gasteiger partial charge in [0.1, 0.15) is 6.17 Å². The van der Waals surface area contributed by atoms with Crippen LogP contribution in [0.5, 0.6) is 0 Å². The fraction of sp³-hybridized carbons (Fsp3) is 0.267. The molecule has 1 aliphatic heterocycles. The van der Waals surface area contributed by atoms with E-state index in [1.165, 1.54) is 5.70 Å². The lowest BCUT2D eigenvalue weighted by molar-refractivity contribution is 0.0969. The van der Waals surface area contributed by atoms with Gasteiger partial charge in [-0.25, -0.2) is 0 Å². The number of allylic oxidation sites excluding steroid dienone is 3. The summed E-state index contributed by atoms with van der Waals surface area (Å²) in [4.78, 5) is 12.2. The first-order valence-corrected chi connectivity index (χ1v) is 6.82. The Hall–Kier alpha value is -1.74. The van der Waals surface area contributed by atoms with Gasteiger partial charge in [-0.1, -0.05) is 17.7 Å². The van der Waals surface area contributed by atoms with Gasteiger partial charge in [-0.2, -0.15) is 0 Å². The maximum atomic E-state index is 12.2. The van der Waals surface area contributed by atoms with Crippen LogP contribution in [0, 0.1) is 0 Å². The smallest absolute Gasteiger partial charge is 0.166 e. The number of hydrogen-bond donors (Lipinski definition) is 2. The second-order valence-electron chi connectivity index (χ2n) is 4.81. The second-order valence-corrected chi connectivity index (χ2v) is 5.25. The zero-order chi connectivity index (χ0) is 13.2. The third-order valence-electron chi connectivity index (χ3n) is 3.40. The van der Waals surface area contributed by atoms with Crippen LogP contribution in [-0.2, 0) is 0 Å². The van der Waals surface area contributed by atoms with Gasteiger partial charge in [0.05, 0.1) is 5.70 Å². The molecule has 4 heteroatoms. The highest BCUT2D eigenvalue weighted by atomic mass is 35.5. The molecule has 0 bridgehead atoms. The van der Waals surface area contributed by atoms with E-state index < -0.39 is 0 Å². The maximum Gasteiger partial charge on any atom is 0.166 e. The molecule has 0 amide bonds. The average molecular weight is 275 g/mol. The van der Waals surface area contributed by atoms with Crippen molar-refractivity contribution in [2.24, 2.45) is 0 Å². The SMILES string of the molecule is O=C(CC1NC2=C(CCC=C2)N1)c1ccc(Cl)cc1. The Balaban J connectivity index is 1.63. The van der Waals surface area contributed by atoms with Gasteiger partial charge >= 0.3 is 0 Å². The van der Waals surface area contributed by atoms with Crippen LogP contribution >= 0.6 is 11.6 Å². The van der Waals surface area contributed by atoms with Gasteiger partial charge in [-0.05, 0) is 43.2 Å². The van der Waals surface area contributed by atoms with Crippen molar-refractivity contribution in [1.82, 2.24) is 10.6 Å². The molecule has 1 unspecified atom stereocenters. The molecule has 3 rings (SSSR count). The van der Waals surface area contributed by atoms with Gasteiger partial charge in [-0.15, -0.1) is 0 Å². The van der Waals surface area contributed by atoms with Crippen molar-refractivity contribution in [1.29, 1.82) is 0 Å². The van der Waals surface area contributed by atoms with Crippen LogP contribution in [-0.4, -0.2) is 11.9 Å². The molecule has 0 fully saturated rings. The van der Waals surface area contributed by atoms with E-state index in [4.69, 9.17) is 11.6 Å². The first kappa shape index (κ1) is 12.3. The van der Waals surface area contributed by atoms with Gasteiger partial charge in [0.15, 0.2) is 5.78 Å². The lowest BCUT2D eigenvalue weighted by Gasteiger charge is -2.13. The van der Waals surface area contributed by atoms with Crippen molar-refractivity contribution in [2.75, 3.05) is 0 Å². The standard InChI is InChI=1S/C15H15ClN2O/c16-11-7-5-10(6-8-11)14(19)9-15-17-12-3-1-2-4-13(12)18-15/h1,3,5-8,15,17-18H,2,4,9H2. The number of carbonyl (C=O) groups excluding carboxylic acids is 1. The summed E-state index contributed by atoms with van der Waals surface area (Å²) in [6, 6.07) is 7.03. The Morgan fingerprint density at radius 2 is 2.05 bits per heavy atom. The molecule has 1 aromatic rings. The lowest BCUT2D eigenvalue weighted by atomic mass is 10.1. The number of rotatable bonds is 3. The molecule has 1 aliphatic carbocycles. The molecule has 2 N–H and O–H groups in total. The van der Waals surface area contributed by atoms with Gasteiger partial charge in [0, 0.05) is 22.7 Å². The summed E-state index contributed by atoms with van der Waals surface area (Å²) in [5.41, 5.74) is 3.05. The van der Waals surface area contributed by atoms with Crippen LogP contribution in [0.2, 0.25) is 5.02 Å². The van der Waals surface area contributed by atoms with Crippen LogP contribution < -0.4 is 10.6 Å². The Labute approximate surface area is 117 Å². The van der Waals surface area contributed by atoms with E-state index in [-0.39, 0.29) is 11.9 Å². The molecule has 1 heterocycles. The summed E-state index contributed by atoms with van der Waals surface area (Å²) >= 11 is 5.82. The van der Waals surface area contributed by atoms with Gasteiger partial charge < -0.3 is 10.6 Å². The highest BCUT2D eigenvalue weighted by Crippen LogP contribution is 2.21. The minimum Gasteiger partial charge on any atom is -0.367 e. The fourth-order valence-electron chi connectivity index (χ4n) is 2.42. The zero-order valence-electron chi connectivity index (χ0n) is 10.4. The highest BCUT2D eigenvalue weighted by molar-refractivity contribution is 6.30. The largest absolute Gasteiger partial charge is 0.367 e. The van der Waals surface area contributed by atoms with E-state index in [0.29, 0.717) is 17.0 Å². The fourth-order valence-corrected chi connectivity index (χ4v) is 2.55. The molecule has 98 valence electrons. The van der Waals surface area contributed by atoms with Crippen molar-refractivity contribution < 1.29 is 4.79 Å². The molecule has 1 atom stereocenters. The third-order valence-corrected chi connectivity index (χ3v) is 3.66. The summed E-state index contributed by atoms with van der Waals surface area (Å²) in [7, 11) is 0. The molecule has 19 heavy (non-hydrogen) atoms. The number of ketones is 1. The predicted molar refractivity (Wildman–Crippen MR) is 75.9 cm³/mol. The number of halogens is 1. The summed E-state index contributed by atoms with van der Waals surface area (Å²) in [5.74, 6) is 0.116. The molecular weight excluding hydrogens is 260 g/mol. The highest BCUT2D eigenvalue weighted by Gasteiger charge is 2.24. The first-order valence-electron chi connectivity index (χ1n) is 6.44. The van der Waals surface area contributed by atoms with Crippen LogP contribution in [0.15, 0.2) is 47.8 Å². The van der Waals surface area contributed by atoms with E-state index >= 15 is 0 Å². The van der Waals surface area contributed by atoms with Gasteiger partial charge in [-0.3, -0.25) is 4.79 Å². The minimum atomic E-state index is -0.00377. The van der Waals surface area contributed by atoms with Crippen LogP contribution in [0.3, 0.4) is 0 Å². The van der Waals surface area contributed by atoms with Gasteiger partial charge in [0.25, 0.3) is 0 Å². The number of carbonyl (C=O) groups is 1. The topological polar surface area (TPSA) is 41.1 Å². The Kier molecular flexibility index (Phi) is 3.30. The average Bonchev–Trinajstić information content (AvgIpc) is 2.81. The van der Waals surface area contributed by atoms with Crippen molar-refractivity contribution >= 4 is 17.4 Å².